The van der Waals surface area contributed by atoms with Crippen LogP contribution < -0.4 is 4.80 Å². The van der Waals surface area contributed by atoms with E-state index in [-0.39, 0.29) is 4.90 Å². The Hall–Kier alpha value is -2.25. The van der Waals surface area contributed by atoms with Crippen molar-refractivity contribution in [1.82, 2.24) is 4.57 Å². The van der Waals surface area contributed by atoms with Crippen molar-refractivity contribution in [2.45, 2.75) is 11.8 Å². The van der Waals surface area contributed by atoms with Gasteiger partial charge in [-0.25, -0.2) is 8.42 Å². The molecule has 0 radical (unpaired) electrons. The third-order valence-corrected chi connectivity index (χ3v) is 6.36. The predicted octanol–water partition coefficient (Wildman–Crippen LogP) is 2.45. The molecule has 1 heterocycles. The number of amides is 1. The number of aryl methyl sites for hydroxylation is 2. The minimum atomic E-state index is -3.69. The fraction of sp³-hybridized carbons (Fsp3) is 0.176. The molecule has 3 rings (SSSR count). The van der Waals surface area contributed by atoms with Crippen molar-refractivity contribution in [1.29, 1.82) is 0 Å². The number of aromatic nitrogens is 1. The Labute approximate surface area is 143 Å². The van der Waals surface area contributed by atoms with Crippen molar-refractivity contribution in [2.24, 2.45) is 12.0 Å². The maximum Gasteiger partial charge on any atom is 0.263 e. The van der Waals surface area contributed by atoms with E-state index in [9.17, 15) is 13.2 Å². The zero-order valence-electron chi connectivity index (χ0n) is 13.3. The van der Waals surface area contributed by atoms with Crippen molar-refractivity contribution >= 4 is 37.3 Å². The minimum Gasteiger partial charge on any atom is -0.319 e. The molecule has 0 spiro atoms. The van der Waals surface area contributed by atoms with Gasteiger partial charge in [-0.2, -0.15) is 4.99 Å². The number of carbonyl (C=O) groups is 1. The molecule has 1 aromatic heterocycles. The molecule has 0 aliphatic rings. The van der Waals surface area contributed by atoms with Gasteiger partial charge in [0.1, 0.15) is 5.75 Å². The summed E-state index contributed by atoms with van der Waals surface area (Å²) < 4.78 is 27.4. The molecule has 5 nitrogen and oxygen atoms in total. The summed E-state index contributed by atoms with van der Waals surface area (Å²) in [4.78, 5) is 16.8. The average molecular weight is 360 g/mol. The summed E-state index contributed by atoms with van der Waals surface area (Å²) in [6.45, 7) is 1.87. The monoisotopic (exact) mass is 360 g/mol. The predicted molar refractivity (Wildman–Crippen MR) is 94.6 cm³/mol. The van der Waals surface area contributed by atoms with Gasteiger partial charge in [0.05, 0.1) is 15.1 Å². The molecule has 0 saturated heterocycles. The smallest absolute Gasteiger partial charge is 0.263 e. The highest BCUT2D eigenvalue weighted by Crippen LogP contribution is 2.16. The van der Waals surface area contributed by atoms with Gasteiger partial charge in [0, 0.05) is 7.05 Å². The number of thiazole rings is 1. The molecule has 0 unspecified atom stereocenters. The average Bonchev–Trinajstić information content (AvgIpc) is 2.84. The van der Waals surface area contributed by atoms with Gasteiger partial charge in [0.2, 0.25) is 0 Å². The highest BCUT2D eigenvalue weighted by Gasteiger charge is 2.19. The summed E-state index contributed by atoms with van der Waals surface area (Å²) in [5.41, 5.74) is 1.91. The number of hydrogen-bond donors (Lipinski definition) is 0. The van der Waals surface area contributed by atoms with E-state index in [0.29, 0.717) is 4.80 Å². The lowest BCUT2D eigenvalue weighted by Crippen LogP contribution is -2.19. The van der Waals surface area contributed by atoms with Gasteiger partial charge >= 0.3 is 0 Å². The lowest BCUT2D eigenvalue weighted by Gasteiger charge is -2.02. The van der Waals surface area contributed by atoms with E-state index in [1.54, 1.807) is 23.7 Å². The molecule has 0 N–H and O–H groups in total. The van der Waals surface area contributed by atoms with Gasteiger partial charge in [-0.1, -0.05) is 41.2 Å². The topological polar surface area (TPSA) is 68.5 Å². The Morgan fingerprint density at radius 3 is 2.46 bits per heavy atom. The van der Waals surface area contributed by atoms with Crippen LogP contribution in [0.15, 0.2) is 58.4 Å². The first-order valence-electron chi connectivity index (χ1n) is 7.28. The number of fused-ring (bicyclic) bond motifs is 1. The maximum absolute atomic E-state index is 12.3. The summed E-state index contributed by atoms with van der Waals surface area (Å²) in [6, 6.07) is 14.1. The van der Waals surface area contributed by atoms with Crippen LogP contribution in [0.4, 0.5) is 0 Å². The van der Waals surface area contributed by atoms with Gasteiger partial charge in [0.25, 0.3) is 5.91 Å². The molecular formula is C17H16N2O3S2. The maximum atomic E-state index is 12.3. The Bertz CT molecular complexity index is 1070. The standard InChI is InChI=1S/C17H16N2O3S2/c1-12-7-9-13(10-8-12)24(21,22)11-16(20)18-17-19(2)14-5-3-4-6-15(14)23-17/h3-10H,11H2,1-2H3. The summed E-state index contributed by atoms with van der Waals surface area (Å²) in [6.07, 6.45) is 0. The summed E-state index contributed by atoms with van der Waals surface area (Å²) in [5.74, 6) is -1.30. The van der Waals surface area contributed by atoms with E-state index in [1.165, 1.54) is 23.5 Å². The van der Waals surface area contributed by atoms with Crippen molar-refractivity contribution < 1.29 is 13.2 Å². The molecule has 0 aliphatic carbocycles. The number of carbonyl (C=O) groups excluding carboxylic acids is 1. The summed E-state index contributed by atoms with van der Waals surface area (Å²) in [7, 11) is -1.88. The molecule has 0 bridgehead atoms. The number of hydrogen-bond acceptors (Lipinski definition) is 4. The van der Waals surface area contributed by atoms with Crippen molar-refractivity contribution in [3.05, 3.63) is 58.9 Å². The van der Waals surface area contributed by atoms with Crippen LogP contribution in [0.2, 0.25) is 0 Å². The Morgan fingerprint density at radius 2 is 1.79 bits per heavy atom. The first-order valence-corrected chi connectivity index (χ1v) is 9.75. The third-order valence-electron chi connectivity index (χ3n) is 3.63. The molecule has 0 atom stereocenters. The summed E-state index contributed by atoms with van der Waals surface area (Å²) in [5, 5.41) is 0. The van der Waals surface area contributed by atoms with Gasteiger partial charge in [-0.05, 0) is 31.2 Å². The van der Waals surface area contributed by atoms with Gasteiger partial charge in [-0.15, -0.1) is 0 Å². The lowest BCUT2D eigenvalue weighted by molar-refractivity contribution is -0.115. The van der Waals surface area contributed by atoms with Crippen LogP contribution >= 0.6 is 11.3 Å². The van der Waals surface area contributed by atoms with E-state index in [4.69, 9.17) is 0 Å². The highest BCUT2D eigenvalue weighted by molar-refractivity contribution is 7.92. The zero-order valence-corrected chi connectivity index (χ0v) is 14.9. The van der Waals surface area contributed by atoms with Crippen LogP contribution in [0, 0.1) is 6.92 Å². The summed E-state index contributed by atoms with van der Waals surface area (Å²) >= 11 is 1.36. The van der Waals surface area contributed by atoms with Crippen LogP contribution in [0.3, 0.4) is 0 Å². The second kappa shape index (κ2) is 6.33. The second-order valence-electron chi connectivity index (χ2n) is 5.49. The lowest BCUT2D eigenvalue weighted by atomic mass is 10.2. The fourth-order valence-electron chi connectivity index (χ4n) is 2.32. The van der Waals surface area contributed by atoms with Gasteiger partial charge in [0.15, 0.2) is 14.6 Å². The van der Waals surface area contributed by atoms with Gasteiger partial charge in [-0.3, -0.25) is 4.79 Å². The Balaban J connectivity index is 1.91. The Morgan fingerprint density at radius 1 is 1.12 bits per heavy atom. The van der Waals surface area contributed by atoms with Crippen LogP contribution in [0.5, 0.6) is 0 Å². The van der Waals surface area contributed by atoms with E-state index >= 15 is 0 Å². The largest absolute Gasteiger partial charge is 0.319 e. The molecule has 7 heteroatoms. The minimum absolute atomic E-state index is 0.136. The molecule has 0 saturated carbocycles. The molecule has 3 aromatic rings. The van der Waals surface area contributed by atoms with E-state index < -0.39 is 21.5 Å². The van der Waals surface area contributed by atoms with Crippen molar-refractivity contribution in [3.63, 3.8) is 0 Å². The van der Waals surface area contributed by atoms with Crippen molar-refractivity contribution in [2.75, 3.05) is 5.75 Å². The molecule has 24 heavy (non-hydrogen) atoms. The van der Waals surface area contributed by atoms with E-state index in [2.05, 4.69) is 4.99 Å². The van der Waals surface area contributed by atoms with E-state index in [1.807, 2.05) is 31.2 Å². The van der Waals surface area contributed by atoms with Crippen LogP contribution in [0.1, 0.15) is 5.56 Å². The highest BCUT2D eigenvalue weighted by atomic mass is 32.2. The zero-order chi connectivity index (χ0) is 17.3. The molecule has 124 valence electrons. The Kier molecular flexibility index (Phi) is 4.38. The van der Waals surface area contributed by atoms with Crippen molar-refractivity contribution in [3.8, 4) is 0 Å². The fourth-order valence-corrected chi connectivity index (χ4v) is 4.46. The van der Waals surface area contributed by atoms with E-state index in [0.717, 1.165) is 15.8 Å². The number of rotatable bonds is 3. The molecule has 0 aliphatic heterocycles. The van der Waals surface area contributed by atoms with Crippen LogP contribution in [-0.2, 0) is 21.7 Å². The molecule has 2 aromatic carbocycles. The first-order chi connectivity index (χ1) is 11.4. The SMILES string of the molecule is Cc1ccc(S(=O)(=O)CC(=O)N=c2sc3ccccc3n2C)cc1. The number of para-hydroxylation sites is 1. The molecule has 0 fully saturated rings. The number of nitrogens with zero attached hydrogens (tertiary/aromatic N) is 2. The quantitative estimate of drug-likeness (QED) is 0.720. The third kappa shape index (κ3) is 3.32. The number of benzene rings is 2. The molecule has 1 amide bonds. The first kappa shape index (κ1) is 16.6. The normalized spacial score (nSPS) is 12.7. The number of sulfone groups is 1. The van der Waals surface area contributed by atoms with Crippen LogP contribution in [0.25, 0.3) is 10.2 Å². The van der Waals surface area contributed by atoms with Gasteiger partial charge < -0.3 is 4.57 Å². The molecular weight excluding hydrogens is 344 g/mol. The van der Waals surface area contributed by atoms with Crippen LogP contribution in [-0.4, -0.2) is 24.6 Å². The second-order valence-corrected chi connectivity index (χ2v) is 8.49.